The number of hydrogen-bond acceptors (Lipinski definition) is 4. The number of hydrogen-bond donors (Lipinski definition) is 4. The Morgan fingerprint density at radius 1 is 1.14 bits per heavy atom. The lowest BCUT2D eigenvalue weighted by molar-refractivity contribution is 0.343. The first-order valence-corrected chi connectivity index (χ1v) is 4.16. The second-order valence-corrected chi connectivity index (χ2v) is 3.19. The van der Waals surface area contributed by atoms with Crippen LogP contribution in [0.3, 0.4) is 0 Å². The first kappa shape index (κ1) is 10.9. The molecule has 0 aliphatic carbocycles. The monoisotopic (exact) mass is 217 g/mol. The number of aromatic hydroxyl groups is 3. The third-order valence-corrected chi connectivity index (χ3v) is 2.29. The molecule has 0 bridgehead atoms. The molecule has 0 radical (unpaired) electrons. The van der Waals surface area contributed by atoms with Gasteiger partial charge in [-0.3, -0.25) is 0 Å². The van der Waals surface area contributed by atoms with Crippen molar-refractivity contribution in [2.75, 3.05) is 6.54 Å². The Balaban J connectivity index is 0.000000980. The van der Waals surface area contributed by atoms with Crippen LogP contribution >= 0.6 is 12.4 Å². The zero-order valence-electron chi connectivity index (χ0n) is 7.40. The molecule has 1 aromatic rings. The Bertz CT molecular complexity index is 316. The van der Waals surface area contributed by atoms with Crippen molar-refractivity contribution in [2.45, 2.75) is 12.5 Å². The SMILES string of the molecule is Cl.Oc1cc(O)c([C@H]2CCN2)c(O)c1. The summed E-state index contributed by atoms with van der Waals surface area (Å²) in [5, 5.41) is 31.0. The van der Waals surface area contributed by atoms with Crippen LogP contribution < -0.4 is 5.32 Å². The minimum Gasteiger partial charge on any atom is -0.508 e. The second-order valence-electron chi connectivity index (χ2n) is 3.19. The third-order valence-electron chi connectivity index (χ3n) is 2.29. The Labute approximate surface area is 87.6 Å². The van der Waals surface area contributed by atoms with Gasteiger partial charge in [-0.1, -0.05) is 0 Å². The maximum atomic E-state index is 9.45. The molecule has 1 saturated heterocycles. The van der Waals surface area contributed by atoms with Gasteiger partial charge in [0.25, 0.3) is 0 Å². The topological polar surface area (TPSA) is 72.7 Å². The van der Waals surface area contributed by atoms with Gasteiger partial charge in [0.1, 0.15) is 17.2 Å². The molecule has 0 unspecified atom stereocenters. The molecule has 14 heavy (non-hydrogen) atoms. The van der Waals surface area contributed by atoms with Crippen molar-refractivity contribution in [3.8, 4) is 17.2 Å². The van der Waals surface area contributed by atoms with Gasteiger partial charge in [0, 0.05) is 18.2 Å². The highest BCUT2D eigenvalue weighted by molar-refractivity contribution is 5.85. The molecule has 1 aliphatic heterocycles. The largest absolute Gasteiger partial charge is 0.508 e. The molecule has 1 aromatic carbocycles. The third kappa shape index (κ3) is 1.71. The lowest BCUT2D eigenvalue weighted by Gasteiger charge is -2.29. The summed E-state index contributed by atoms with van der Waals surface area (Å²) in [5.74, 6) is -0.248. The first-order chi connectivity index (χ1) is 6.18. The molecule has 2 rings (SSSR count). The lowest BCUT2D eigenvalue weighted by Crippen LogP contribution is -2.34. The van der Waals surface area contributed by atoms with Crippen LogP contribution in [0, 0.1) is 0 Å². The predicted octanol–water partition coefficient (Wildman–Crippen LogP) is 1.26. The van der Waals surface area contributed by atoms with E-state index in [4.69, 9.17) is 5.11 Å². The van der Waals surface area contributed by atoms with Crippen LogP contribution in [0.5, 0.6) is 17.2 Å². The molecule has 0 amide bonds. The Hall–Kier alpha value is -1.13. The fourth-order valence-electron chi connectivity index (χ4n) is 1.50. The van der Waals surface area contributed by atoms with Crippen LogP contribution in [0.2, 0.25) is 0 Å². The molecule has 1 aliphatic rings. The van der Waals surface area contributed by atoms with Gasteiger partial charge in [0.15, 0.2) is 0 Å². The van der Waals surface area contributed by atoms with E-state index in [2.05, 4.69) is 5.32 Å². The van der Waals surface area contributed by atoms with Crippen LogP contribution in [-0.4, -0.2) is 21.9 Å². The van der Waals surface area contributed by atoms with E-state index in [1.54, 1.807) is 0 Å². The maximum Gasteiger partial charge on any atom is 0.127 e. The highest BCUT2D eigenvalue weighted by atomic mass is 35.5. The Morgan fingerprint density at radius 3 is 2.00 bits per heavy atom. The molecule has 4 nitrogen and oxygen atoms in total. The molecular weight excluding hydrogens is 206 g/mol. The fraction of sp³-hybridized carbons (Fsp3) is 0.333. The highest BCUT2D eigenvalue weighted by Crippen LogP contribution is 2.39. The van der Waals surface area contributed by atoms with E-state index in [9.17, 15) is 10.2 Å². The van der Waals surface area contributed by atoms with E-state index in [1.807, 2.05) is 0 Å². The van der Waals surface area contributed by atoms with Crippen molar-refractivity contribution in [3.63, 3.8) is 0 Å². The van der Waals surface area contributed by atoms with Gasteiger partial charge in [0.05, 0.1) is 5.56 Å². The van der Waals surface area contributed by atoms with Gasteiger partial charge in [-0.15, -0.1) is 12.4 Å². The van der Waals surface area contributed by atoms with Crippen LogP contribution in [0.4, 0.5) is 0 Å². The van der Waals surface area contributed by atoms with Crippen molar-refractivity contribution in [3.05, 3.63) is 17.7 Å². The van der Waals surface area contributed by atoms with E-state index in [-0.39, 0.29) is 35.7 Å². The van der Waals surface area contributed by atoms with Gasteiger partial charge in [0.2, 0.25) is 0 Å². The molecule has 1 fully saturated rings. The summed E-state index contributed by atoms with van der Waals surface area (Å²) >= 11 is 0. The highest BCUT2D eigenvalue weighted by Gasteiger charge is 2.25. The smallest absolute Gasteiger partial charge is 0.127 e. The summed E-state index contributed by atoms with van der Waals surface area (Å²) in [6.45, 7) is 0.893. The van der Waals surface area contributed by atoms with Crippen LogP contribution in [0.25, 0.3) is 0 Å². The number of phenols is 3. The number of nitrogens with one attached hydrogen (secondary N) is 1. The van der Waals surface area contributed by atoms with Crippen molar-refractivity contribution >= 4 is 12.4 Å². The summed E-state index contributed by atoms with van der Waals surface area (Å²) in [5.41, 5.74) is 0.476. The van der Waals surface area contributed by atoms with E-state index in [1.165, 1.54) is 12.1 Å². The average molecular weight is 218 g/mol. The summed E-state index contributed by atoms with van der Waals surface area (Å²) in [6, 6.07) is 2.48. The van der Waals surface area contributed by atoms with Crippen LogP contribution in [-0.2, 0) is 0 Å². The van der Waals surface area contributed by atoms with E-state index in [0.717, 1.165) is 13.0 Å². The zero-order valence-corrected chi connectivity index (χ0v) is 8.21. The number of benzene rings is 1. The van der Waals surface area contributed by atoms with Crippen LogP contribution in [0.15, 0.2) is 12.1 Å². The van der Waals surface area contributed by atoms with Gasteiger partial charge < -0.3 is 20.6 Å². The van der Waals surface area contributed by atoms with Gasteiger partial charge >= 0.3 is 0 Å². The van der Waals surface area contributed by atoms with E-state index in [0.29, 0.717) is 5.56 Å². The molecule has 0 aromatic heterocycles. The second kappa shape index (κ2) is 3.94. The number of phenolic OH excluding ortho intramolecular Hbond substituents is 3. The standard InChI is InChI=1S/C9H11NO3.ClH/c11-5-3-7(12)9(8(13)4-5)6-1-2-10-6;/h3-4,6,10-13H,1-2H2;1H/t6-;/m1./s1. The predicted molar refractivity (Wildman–Crippen MR) is 54.0 cm³/mol. The molecule has 0 saturated carbocycles. The van der Waals surface area contributed by atoms with E-state index < -0.39 is 0 Å². The van der Waals surface area contributed by atoms with Crippen molar-refractivity contribution < 1.29 is 15.3 Å². The summed E-state index contributed by atoms with van der Waals surface area (Å²) < 4.78 is 0. The molecule has 5 heteroatoms. The summed E-state index contributed by atoms with van der Waals surface area (Å²) in [6.07, 6.45) is 0.895. The lowest BCUT2D eigenvalue weighted by atomic mass is 9.96. The van der Waals surface area contributed by atoms with Gasteiger partial charge in [-0.2, -0.15) is 0 Å². The summed E-state index contributed by atoms with van der Waals surface area (Å²) in [4.78, 5) is 0. The number of halogens is 1. The Morgan fingerprint density at radius 2 is 1.64 bits per heavy atom. The van der Waals surface area contributed by atoms with Crippen molar-refractivity contribution in [1.29, 1.82) is 0 Å². The Kier molecular flexibility index (Phi) is 3.08. The fourth-order valence-corrected chi connectivity index (χ4v) is 1.50. The van der Waals surface area contributed by atoms with Gasteiger partial charge in [-0.25, -0.2) is 0 Å². The molecule has 4 N–H and O–H groups in total. The average Bonchev–Trinajstić information content (AvgIpc) is 1.92. The van der Waals surface area contributed by atoms with Crippen molar-refractivity contribution in [2.24, 2.45) is 0 Å². The molecule has 78 valence electrons. The van der Waals surface area contributed by atoms with Gasteiger partial charge in [-0.05, 0) is 13.0 Å². The van der Waals surface area contributed by atoms with Crippen LogP contribution in [0.1, 0.15) is 18.0 Å². The normalized spacial score (nSPS) is 19.6. The number of rotatable bonds is 1. The quantitative estimate of drug-likeness (QED) is 0.572. The molecule has 1 atom stereocenters. The molecule has 0 spiro atoms. The first-order valence-electron chi connectivity index (χ1n) is 4.16. The van der Waals surface area contributed by atoms with Crippen molar-refractivity contribution in [1.82, 2.24) is 5.32 Å². The molecule has 1 heterocycles. The van der Waals surface area contributed by atoms with E-state index >= 15 is 0 Å². The summed E-state index contributed by atoms with van der Waals surface area (Å²) in [7, 11) is 0. The maximum absolute atomic E-state index is 9.45. The minimum atomic E-state index is -0.127. The molecular formula is C9H12ClNO3. The minimum absolute atomic E-state index is 0. The zero-order chi connectivity index (χ0) is 9.42.